The maximum atomic E-state index is 12.2. The Morgan fingerprint density at radius 2 is 2.20 bits per heavy atom. The van der Waals surface area contributed by atoms with E-state index >= 15 is 0 Å². The van der Waals surface area contributed by atoms with Gasteiger partial charge in [0.2, 0.25) is 0 Å². The highest BCUT2D eigenvalue weighted by atomic mass is 35.5. The smallest absolute Gasteiger partial charge is 0.338 e. The Morgan fingerprint density at radius 1 is 1.36 bits per heavy atom. The van der Waals surface area contributed by atoms with Gasteiger partial charge < -0.3 is 10.6 Å². The van der Waals surface area contributed by atoms with Gasteiger partial charge in [0.1, 0.15) is 5.82 Å². The van der Waals surface area contributed by atoms with E-state index < -0.39 is 0 Å². The van der Waals surface area contributed by atoms with E-state index in [2.05, 4.69) is 15.7 Å². The molecule has 0 spiro atoms. The van der Waals surface area contributed by atoms with Crippen molar-refractivity contribution in [2.75, 3.05) is 11.9 Å². The molecule has 0 unspecified atom stereocenters. The lowest BCUT2D eigenvalue weighted by atomic mass is 10.2. The molecular formula is C17H22ClN5O2. The number of nitrogens with one attached hydrogen (secondary N) is 2. The van der Waals surface area contributed by atoms with Crippen LogP contribution in [0.5, 0.6) is 0 Å². The van der Waals surface area contributed by atoms with Crippen molar-refractivity contribution in [3.05, 3.63) is 45.1 Å². The van der Waals surface area contributed by atoms with E-state index in [-0.39, 0.29) is 11.7 Å². The van der Waals surface area contributed by atoms with Crippen LogP contribution in [-0.2, 0) is 19.5 Å². The maximum Gasteiger partial charge on any atom is 0.345 e. The lowest BCUT2D eigenvalue weighted by Crippen LogP contribution is -2.31. The molecule has 25 heavy (non-hydrogen) atoms. The van der Waals surface area contributed by atoms with Crippen molar-refractivity contribution in [3.63, 3.8) is 0 Å². The molecule has 0 saturated carbocycles. The van der Waals surface area contributed by atoms with Crippen molar-refractivity contribution in [3.8, 4) is 0 Å². The van der Waals surface area contributed by atoms with Crippen molar-refractivity contribution in [2.45, 2.75) is 45.7 Å². The molecule has 2 N–H and O–H groups in total. The lowest BCUT2D eigenvalue weighted by molar-refractivity contribution is 0.251. The van der Waals surface area contributed by atoms with E-state index in [0.717, 1.165) is 37.2 Å². The second-order valence-corrected chi connectivity index (χ2v) is 6.66. The first-order valence-corrected chi connectivity index (χ1v) is 8.90. The number of aromatic nitrogens is 3. The van der Waals surface area contributed by atoms with Gasteiger partial charge in [0, 0.05) is 26.1 Å². The highest BCUT2D eigenvalue weighted by Gasteiger charge is 2.16. The number of benzene rings is 1. The van der Waals surface area contributed by atoms with Crippen LogP contribution in [0.1, 0.15) is 30.7 Å². The molecular weight excluding hydrogens is 342 g/mol. The summed E-state index contributed by atoms with van der Waals surface area (Å²) in [7, 11) is 0. The van der Waals surface area contributed by atoms with Crippen LogP contribution in [0.25, 0.3) is 0 Å². The third-order valence-corrected chi connectivity index (χ3v) is 4.55. The summed E-state index contributed by atoms with van der Waals surface area (Å²) in [6.45, 7) is 3.63. The highest BCUT2D eigenvalue weighted by Crippen LogP contribution is 2.22. The van der Waals surface area contributed by atoms with E-state index in [0.29, 0.717) is 30.2 Å². The summed E-state index contributed by atoms with van der Waals surface area (Å²) >= 11 is 6.09. The minimum absolute atomic E-state index is 0.0504. The molecule has 0 bridgehead atoms. The fourth-order valence-corrected chi connectivity index (χ4v) is 3.20. The molecule has 1 aliphatic heterocycles. The van der Waals surface area contributed by atoms with Gasteiger partial charge in [-0.05, 0) is 43.9 Å². The second kappa shape index (κ2) is 7.74. The van der Waals surface area contributed by atoms with Crippen LogP contribution >= 0.6 is 11.6 Å². The molecule has 0 radical (unpaired) electrons. The van der Waals surface area contributed by atoms with Gasteiger partial charge in [0.15, 0.2) is 0 Å². The zero-order chi connectivity index (χ0) is 17.8. The standard InChI is InChI=1S/C17H22ClN5O2/c1-12-6-7-14(13(18)11-12)20-16(24)19-8-4-10-23-17(25)22-9-3-2-5-15(22)21-23/h6-7,11H,2-5,8-10H2,1H3,(H2,19,20,24). The van der Waals surface area contributed by atoms with Crippen LogP contribution in [-0.4, -0.2) is 26.9 Å². The number of anilines is 1. The third kappa shape index (κ3) is 4.22. The van der Waals surface area contributed by atoms with Gasteiger partial charge in [-0.1, -0.05) is 17.7 Å². The summed E-state index contributed by atoms with van der Waals surface area (Å²) < 4.78 is 3.25. The number of fused-ring (bicyclic) bond motifs is 1. The fourth-order valence-electron chi connectivity index (χ4n) is 2.91. The molecule has 2 heterocycles. The second-order valence-electron chi connectivity index (χ2n) is 6.25. The molecule has 134 valence electrons. The summed E-state index contributed by atoms with van der Waals surface area (Å²) in [5, 5.41) is 10.4. The number of urea groups is 1. The number of nitrogens with zero attached hydrogens (tertiary/aromatic N) is 3. The van der Waals surface area contributed by atoms with Gasteiger partial charge in [-0.2, -0.15) is 5.10 Å². The zero-order valence-corrected chi connectivity index (χ0v) is 15.0. The van der Waals surface area contributed by atoms with Gasteiger partial charge in [0.25, 0.3) is 0 Å². The molecule has 0 saturated heterocycles. The van der Waals surface area contributed by atoms with Crippen molar-refractivity contribution in [1.82, 2.24) is 19.7 Å². The van der Waals surface area contributed by atoms with Crippen molar-refractivity contribution in [2.24, 2.45) is 0 Å². The molecule has 7 nitrogen and oxygen atoms in total. The summed E-state index contributed by atoms with van der Waals surface area (Å²) in [6.07, 6.45) is 3.60. The first-order chi connectivity index (χ1) is 12.0. The van der Waals surface area contributed by atoms with E-state index in [9.17, 15) is 9.59 Å². The quantitative estimate of drug-likeness (QED) is 0.801. The van der Waals surface area contributed by atoms with Crippen LogP contribution in [0.4, 0.5) is 10.5 Å². The lowest BCUT2D eigenvalue weighted by Gasteiger charge is -2.09. The summed E-state index contributed by atoms with van der Waals surface area (Å²) in [5.74, 6) is 0.871. The van der Waals surface area contributed by atoms with Gasteiger partial charge in [-0.15, -0.1) is 0 Å². The van der Waals surface area contributed by atoms with E-state index in [4.69, 9.17) is 11.6 Å². The molecule has 3 rings (SSSR count). The number of hydrogen-bond donors (Lipinski definition) is 2. The highest BCUT2D eigenvalue weighted by molar-refractivity contribution is 6.33. The van der Waals surface area contributed by atoms with Crippen LogP contribution < -0.4 is 16.3 Å². The van der Waals surface area contributed by atoms with Crippen LogP contribution in [0.15, 0.2) is 23.0 Å². The minimum atomic E-state index is -0.317. The van der Waals surface area contributed by atoms with Gasteiger partial charge in [-0.3, -0.25) is 4.57 Å². The zero-order valence-electron chi connectivity index (χ0n) is 14.2. The number of halogens is 1. The number of rotatable bonds is 5. The van der Waals surface area contributed by atoms with E-state index in [1.54, 1.807) is 16.7 Å². The fraction of sp³-hybridized carbons (Fsp3) is 0.471. The van der Waals surface area contributed by atoms with Crippen LogP contribution in [0, 0.1) is 6.92 Å². The monoisotopic (exact) mass is 363 g/mol. The molecule has 8 heteroatoms. The van der Waals surface area contributed by atoms with E-state index in [1.165, 1.54) is 4.68 Å². The number of hydrogen-bond acceptors (Lipinski definition) is 3. The van der Waals surface area contributed by atoms with Gasteiger partial charge in [-0.25, -0.2) is 14.3 Å². The van der Waals surface area contributed by atoms with Crippen molar-refractivity contribution >= 4 is 23.3 Å². The Hall–Kier alpha value is -2.28. The Kier molecular flexibility index (Phi) is 5.43. The summed E-state index contributed by atoms with van der Waals surface area (Å²) in [4.78, 5) is 24.1. The Morgan fingerprint density at radius 3 is 2.96 bits per heavy atom. The first-order valence-electron chi connectivity index (χ1n) is 8.52. The first kappa shape index (κ1) is 17.5. The predicted octanol–water partition coefficient (Wildman–Crippen LogP) is 2.55. The average molecular weight is 364 g/mol. The normalized spacial score (nSPS) is 13.4. The average Bonchev–Trinajstić information content (AvgIpc) is 2.91. The van der Waals surface area contributed by atoms with Crippen molar-refractivity contribution in [1.29, 1.82) is 0 Å². The number of amides is 2. The SMILES string of the molecule is Cc1ccc(NC(=O)NCCCn2nc3n(c2=O)CCCC3)c(Cl)c1. The topological polar surface area (TPSA) is 81.0 Å². The molecule has 0 fully saturated rings. The Labute approximate surface area is 151 Å². The number of carbonyl (C=O) groups excluding carboxylic acids is 1. The molecule has 2 amide bonds. The minimum Gasteiger partial charge on any atom is -0.338 e. The maximum absolute atomic E-state index is 12.2. The Balaban J connectivity index is 1.46. The summed E-state index contributed by atoms with van der Waals surface area (Å²) in [5.41, 5.74) is 1.55. The molecule has 1 aromatic carbocycles. The summed E-state index contributed by atoms with van der Waals surface area (Å²) in [6, 6.07) is 5.13. The van der Waals surface area contributed by atoms with Gasteiger partial charge in [0.05, 0.1) is 10.7 Å². The predicted molar refractivity (Wildman–Crippen MR) is 97.3 cm³/mol. The molecule has 1 aromatic heterocycles. The third-order valence-electron chi connectivity index (χ3n) is 4.24. The van der Waals surface area contributed by atoms with E-state index in [1.807, 2.05) is 13.0 Å². The van der Waals surface area contributed by atoms with Crippen molar-refractivity contribution < 1.29 is 4.79 Å². The number of aryl methyl sites for hydroxylation is 3. The van der Waals surface area contributed by atoms with Crippen LogP contribution in [0.3, 0.4) is 0 Å². The molecule has 1 aliphatic rings. The molecule has 0 atom stereocenters. The van der Waals surface area contributed by atoms with Crippen LogP contribution in [0.2, 0.25) is 5.02 Å². The molecule has 2 aromatic rings. The number of carbonyl (C=O) groups is 1. The largest absolute Gasteiger partial charge is 0.345 e. The Bertz CT molecular complexity index is 827. The van der Waals surface area contributed by atoms with Gasteiger partial charge >= 0.3 is 11.7 Å². The molecule has 0 aliphatic carbocycles.